The summed E-state index contributed by atoms with van der Waals surface area (Å²) >= 11 is 9.05. The van der Waals surface area contributed by atoms with Crippen molar-refractivity contribution in [1.29, 1.82) is 0 Å². The van der Waals surface area contributed by atoms with Crippen molar-refractivity contribution in [3.63, 3.8) is 0 Å². The Morgan fingerprint density at radius 1 is 1.62 bits per heavy atom. The van der Waals surface area contributed by atoms with Crippen molar-refractivity contribution in [2.24, 2.45) is 5.73 Å². The first-order valence-corrected chi connectivity index (χ1v) is 4.66. The van der Waals surface area contributed by atoms with Crippen LogP contribution in [-0.4, -0.2) is 5.91 Å². The molecule has 0 bridgehead atoms. The number of halogens is 2. The predicted octanol–water partition coefficient (Wildman–Crippen LogP) is 2.09. The fourth-order valence-corrected chi connectivity index (χ4v) is 1.87. The van der Waals surface area contributed by atoms with Gasteiger partial charge in [0.15, 0.2) is 0 Å². The largest absolute Gasteiger partial charge is 0.398 e. The third-order valence-electron chi connectivity index (χ3n) is 1.77. The molecule has 0 unspecified atom stereocenters. The minimum Gasteiger partial charge on any atom is -0.398 e. The first-order valence-electron chi connectivity index (χ1n) is 3.49. The van der Waals surface area contributed by atoms with Crippen LogP contribution in [0.1, 0.15) is 15.9 Å². The lowest BCUT2D eigenvalue weighted by Crippen LogP contribution is -2.15. The number of anilines is 1. The van der Waals surface area contributed by atoms with E-state index in [9.17, 15) is 4.79 Å². The average molecular weight is 264 g/mol. The highest BCUT2D eigenvalue weighted by Crippen LogP contribution is 2.31. The van der Waals surface area contributed by atoms with Crippen LogP contribution in [0.15, 0.2) is 10.5 Å². The second-order valence-electron chi connectivity index (χ2n) is 2.62. The lowest BCUT2D eigenvalue weighted by molar-refractivity contribution is 0.100. The van der Waals surface area contributed by atoms with Crippen LogP contribution < -0.4 is 11.5 Å². The van der Waals surface area contributed by atoms with Gasteiger partial charge in [-0.3, -0.25) is 4.79 Å². The third-order valence-corrected chi connectivity index (χ3v) is 2.89. The van der Waals surface area contributed by atoms with E-state index in [4.69, 9.17) is 23.1 Å². The fraction of sp³-hybridized carbons (Fsp3) is 0.125. The summed E-state index contributed by atoms with van der Waals surface area (Å²) in [5.74, 6) is -0.613. The Morgan fingerprint density at radius 3 is 2.62 bits per heavy atom. The molecular weight excluding hydrogens is 255 g/mol. The number of carbonyl (C=O) groups excluding carboxylic acids is 1. The van der Waals surface area contributed by atoms with Gasteiger partial charge in [-0.1, -0.05) is 27.5 Å². The van der Waals surface area contributed by atoms with Crippen LogP contribution in [0, 0.1) is 6.92 Å². The second-order valence-corrected chi connectivity index (χ2v) is 3.88. The highest BCUT2D eigenvalue weighted by molar-refractivity contribution is 9.10. The lowest BCUT2D eigenvalue weighted by atomic mass is 10.1. The minimum absolute atomic E-state index is 0.183. The van der Waals surface area contributed by atoms with E-state index in [1.165, 1.54) is 0 Å². The zero-order valence-corrected chi connectivity index (χ0v) is 9.24. The number of hydrogen-bond donors (Lipinski definition) is 2. The Morgan fingerprint density at radius 2 is 2.15 bits per heavy atom. The molecule has 0 atom stereocenters. The molecule has 0 saturated heterocycles. The maximum absolute atomic E-state index is 10.9. The standard InChI is InChI=1S/C8H8BrClN2O/c1-3-4(9)2-5(10)6(7(3)11)8(12)13/h2H,11H2,1H3,(H2,12,13). The summed E-state index contributed by atoms with van der Waals surface area (Å²) in [4.78, 5) is 10.9. The van der Waals surface area contributed by atoms with Crippen LogP contribution in [0.4, 0.5) is 5.69 Å². The van der Waals surface area contributed by atoms with E-state index in [0.29, 0.717) is 5.69 Å². The van der Waals surface area contributed by atoms with Crippen molar-refractivity contribution >= 4 is 39.1 Å². The molecule has 0 fully saturated rings. The topological polar surface area (TPSA) is 69.1 Å². The van der Waals surface area contributed by atoms with Gasteiger partial charge < -0.3 is 11.5 Å². The summed E-state index contributed by atoms with van der Waals surface area (Å²) < 4.78 is 0.764. The fourth-order valence-electron chi connectivity index (χ4n) is 0.987. The van der Waals surface area contributed by atoms with Crippen LogP contribution in [0.25, 0.3) is 0 Å². The number of amides is 1. The summed E-state index contributed by atoms with van der Waals surface area (Å²) in [6.45, 7) is 1.78. The molecule has 0 spiro atoms. The third kappa shape index (κ3) is 1.78. The van der Waals surface area contributed by atoms with Crippen LogP contribution >= 0.6 is 27.5 Å². The van der Waals surface area contributed by atoms with Crippen molar-refractivity contribution in [3.8, 4) is 0 Å². The van der Waals surface area contributed by atoms with E-state index in [0.717, 1.165) is 10.0 Å². The first kappa shape index (κ1) is 10.3. The quantitative estimate of drug-likeness (QED) is 0.762. The van der Waals surface area contributed by atoms with E-state index in [1.54, 1.807) is 13.0 Å². The van der Waals surface area contributed by atoms with E-state index in [1.807, 2.05) is 0 Å². The summed E-state index contributed by atoms with van der Waals surface area (Å²) in [5, 5.41) is 0.266. The molecule has 3 nitrogen and oxygen atoms in total. The molecule has 0 heterocycles. The molecule has 0 aliphatic rings. The molecule has 1 aromatic carbocycles. The van der Waals surface area contributed by atoms with Crippen LogP contribution in [0.3, 0.4) is 0 Å². The van der Waals surface area contributed by atoms with Gasteiger partial charge in [-0.05, 0) is 18.6 Å². The zero-order chi connectivity index (χ0) is 10.2. The molecule has 0 aliphatic carbocycles. The highest BCUT2D eigenvalue weighted by atomic mass is 79.9. The molecule has 1 amide bonds. The average Bonchev–Trinajstić information content (AvgIpc) is 1.99. The maximum Gasteiger partial charge on any atom is 0.252 e. The van der Waals surface area contributed by atoms with Crippen LogP contribution in [0.2, 0.25) is 5.02 Å². The lowest BCUT2D eigenvalue weighted by Gasteiger charge is -2.09. The number of nitrogens with two attached hydrogens (primary N) is 2. The number of carbonyl (C=O) groups is 1. The van der Waals surface area contributed by atoms with E-state index in [-0.39, 0.29) is 10.6 Å². The van der Waals surface area contributed by atoms with Gasteiger partial charge in [0.1, 0.15) is 0 Å². The summed E-state index contributed by atoms with van der Waals surface area (Å²) in [6.07, 6.45) is 0. The SMILES string of the molecule is Cc1c(Br)cc(Cl)c(C(N)=O)c1N. The maximum atomic E-state index is 10.9. The van der Waals surface area contributed by atoms with Gasteiger partial charge in [0, 0.05) is 10.2 Å². The Hall–Kier alpha value is -0.740. The van der Waals surface area contributed by atoms with Gasteiger partial charge in [-0.25, -0.2) is 0 Å². The monoisotopic (exact) mass is 262 g/mol. The Bertz CT molecular complexity index is 379. The van der Waals surface area contributed by atoms with Crippen molar-refractivity contribution in [2.45, 2.75) is 6.92 Å². The Labute approximate surface area is 89.2 Å². The molecule has 1 rings (SSSR count). The molecule has 4 N–H and O–H groups in total. The van der Waals surface area contributed by atoms with Crippen molar-refractivity contribution < 1.29 is 4.79 Å². The van der Waals surface area contributed by atoms with Crippen molar-refractivity contribution in [3.05, 3.63) is 26.7 Å². The van der Waals surface area contributed by atoms with Gasteiger partial charge in [0.05, 0.1) is 10.6 Å². The Balaban J connectivity index is 3.53. The Kier molecular flexibility index (Phi) is 2.83. The summed E-state index contributed by atoms with van der Waals surface area (Å²) in [5.41, 5.74) is 12.1. The molecule has 1 aromatic rings. The van der Waals surface area contributed by atoms with Crippen LogP contribution in [0.5, 0.6) is 0 Å². The molecule has 0 radical (unpaired) electrons. The van der Waals surface area contributed by atoms with Gasteiger partial charge in [0.25, 0.3) is 5.91 Å². The number of rotatable bonds is 1. The van der Waals surface area contributed by atoms with Crippen LogP contribution in [-0.2, 0) is 0 Å². The molecule has 13 heavy (non-hydrogen) atoms. The van der Waals surface area contributed by atoms with Gasteiger partial charge in [-0.15, -0.1) is 0 Å². The molecule has 0 aliphatic heterocycles. The molecule has 5 heteroatoms. The minimum atomic E-state index is -0.613. The summed E-state index contributed by atoms with van der Waals surface area (Å²) in [7, 11) is 0. The van der Waals surface area contributed by atoms with Crippen molar-refractivity contribution in [1.82, 2.24) is 0 Å². The van der Waals surface area contributed by atoms with Gasteiger partial charge in [-0.2, -0.15) is 0 Å². The summed E-state index contributed by atoms with van der Waals surface area (Å²) in [6, 6.07) is 1.60. The second kappa shape index (κ2) is 3.55. The zero-order valence-electron chi connectivity index (χ0n) is 6.90. The normalized spacial score (nSPS) is 10.1. The van der Waals surface area contributed by atoms with E-state index in [2.05, 4.69) is 15.9 Å². The number of hydrogen-bond acceptors (Lipinski definition) is 2. The number of primary amides is 1. The highest BCUT2D eigenvalue weighted by Gasteiger charge is 2.14. The number of nitrogen functional groups attached to an aromatic ring is 1. The van der Waals surface area contributed by atoms with Gasteiger partial charge >= 0.3 is 0 Å². The van der Waals surface area contributed by atoms with Crippen molar-refractivity contribution in [2.75, 3.05) is 5.73 Å². The van der Waals surface area contributed by atoms with E-state index >= 15 is 0 Å². The first-order chi connectivity index (χ1) is 5.95. The molecule has 0 aromatic heterocycles. The molecule has 70 valence electrons. The smallest absolute Gasteiger partial charge is 0.252 e. The number of benzene rings is 1. The van der Waals surface area contributed by atoms with Gasteiger partial charge in [0.2, 0.25) is 0 Å². The molecular formula is C8H8BrClN2O. The molecule has 0 saturated carbocycles. The predicted molar refractivity (Wildman–Crippen MR) is 56.8 cm³/mol. The van der Waals surface area contributed by atoms with E-state index < -0.39 is 5.91 Å².